The Balaban J connectivity index is 0. The summed E-state index contributed by atoms with van der Waals surface area (Å²) < 4.78 is 121. The molecule has 2 N–H and O–H groups in total. The van der Waals surface area contributed by atoms with Crippen LogP contribution in [0, 0.1) is 23.3 Å². The van der Waals surface area contributed by atoms with E-state index in [0.717, 1.165) is 0 Å². The van der Waals surface area contributed by atoms with E-state index < -0.39 is 55.2 Å². The first-order valence-electron chi connectivity index (χ1n) is 6.54. The van der Waals surface area contributed by atoms with Crippen molar-refractivity contribution < 1.29 is 52.6 Å². The molecule has 8 nitrogen and oxygen atoms in total. The van der Waals surface area contributed by atoms with Gasteiger partial charge in [-0.1, -0.05) is 0 Å². The number of hydrogen-bond acceptors (Lipinski definition) is 6. The van der Waals surface area contributed by atoms with Gasteiger partial charge in [-0.05, 0) is 21.8 Å². The maximum Gasteiger partial charge on any atom is 0.215 e. The van der Waals surface area contributed by atoms with Crippen molar-refractivity contribution in [2.24, 2.45) is 0 Å². The Bertz CT molecular complexity index is 741. The van der Waals surface area contributed by atoms with E-state index in [1.165, 1.54) is 0 Å². The number of halogens is 4. The van der Waals surface area contributed by atoms with Crippen LogP contribution in [0.1, 0.15) is 11.1 Å². The molecule has 0 aliphatic rings. The van der Waals surface area contributed by atoms with Crippen molar-refractivity contribution in [3.63, 3.8) is 0 Å². The van der Waals surface area contributed by atoms with Crippen molar-refractivity contribution >= 4 is 42.6 Å². The van der Waals surface area contributed by atoms with E-state index in [4.69, 9.17) is 35.0 Å². The van der Waals surface area contributed by atoms with Gasteiger partial charge in [0.15, 0.2) is 23.3 Å². The third-order valence-electron chi connectivity index (χ3n) is 2.31. The van der Waals surface area contributed by atoms with Gasteiger partial charge in [-0.3, -0.25) is 9.11 Å². The molecule has 1 aromatic carbocycles. The summed E-state index contributed by atoms with van der Waals surface area (Å²) in [6.45, 7) is 0. The predicted molar refractivity (Wildman–Crippen MR) is 96.8 cm³/mol. The highest BCUT2D eigenvalue weighted by molar-refractivity contribution is 7.95. The van der Waals surface area contributed by atoms with Crippen molar-refractivity contribution in [2.75, 3.05) is 25.0 Å². The molecule has 0 unspecified atom stereocenters. The van der Waals surface area contributed by atoms with E-state index in [9.17, 15) is 17.6 Å². The number of hydrogen-bond donors (Lipinski definition) is 2. The van der Waals surface area contributed by atoms with Crippen LogP contribution in [-0.4, -0.2) is 60.1 Å². The van der Waals surface area contributed by atoms with Gasteiger partial charge in [0.1, 0.15) is 11.5 Å². The molecule has 0 heterocycles. The minimum absolute atomic E-state index is 0.00967. The van der Waals surface area contributed by atoms with Crippen molar-refractivity contribution in [1.29, 1.82) is 0 Å². The molecule has 0 atom stereocenters. The Morgan fingerprint density at radius 3 is 0.929 bits per heavy atom. The normalized spacial score (nSPS) is 11.6. The quantitative estimate of drug-likeness (QED) is 0.207. The maximum atomic E-state index is 13.7. The molecular weight excluding hydrogens is 476 g/mol. The van der Waals surface area contributed by atoms with Gasteiger partial charge in [-0.2, -0.15) is 0 Å². The van der Waals surface area contributed by atoms with E-state index in [1.807, 2.05) is 0 Å². The van der Waals surface area contributed by atoms with Crippen LogP contribution in [0.2, 0.25) is 0 Å². The zero-order valence-electron chi connectivity index (χ0n) is 14.9. The molecule has 0 aromatic heterocycles. The molecule has 1 rings (SSSR count). The molecule has 0 radical (unpaired) electrons. The van der Waals surface area contributed by atoms with Crippen LogP contribution in [-0.2, 0) is 54.1 Å². The predicted octanol–water partition coefficient (Wildman–Crippen LogP) is 1.01. The summed E-state index contributed by atoms with van der Waals surface area (Å²) in [6, 6.07) is 0. The Labute approximate surface area is 166 Å². The zero-order chi connectivity index (χ0) is 23.0. The highest BCUT2D eigenvalue weighted by atomic mass is 32.3. The SMILES string of the molecule is C[S+](C)Cc1c(F)c(F)c(C[S+](C)C)c(F)c1F.O=S(=O)([O-])O.O=S(=O)([O-])O. The van der Waals surface area contributed by atoms with E-state index in [0.29, 0.717) is 0 Å². The molecule has 0 spiro atoms. The topological polar surface area (TPSA) is 155 Å². The molecular formula is C12H18F4O8S4. The fourth-order valence-corrected chi connectivity index (χ4v) is 3.21. The number of benzene rings is 1. The lowest BCUT2D eigenvalue weighted by Crippen LogP contribution is -2.14. The first-order valence-corrected chi connectivity index (χ1v) is 13.7. The van der Waals surface area contributed by atoms with Gasteiger partial charge in [0.2, 0.25) is 20.8 Å². The van der Waals surface area contributed by atoms with Gasteiger partial charge in [0.25, 0.3) is 0 Å². The summed E-state index contributed by atoms with van der Waals surface area (Å²) in [5.74, 6) is -4.94. The Kier molecular flexibility index (Phi) is 12.8. The van der Waals surface area contributed by atoms with Crippen LogP contribution in [0.3, 0.4) is 0 Å². The van der Waals surface area contributed by atoms with E-state index in [-0.39, 0.29) is 33.3 Å². The molecule has 0 fully saturated rings. The molecule has 0 saturated carbocycles. The molecule has 1 aromatic rings. The summed E-state index contributed by atoms with van der Waals surface area (Å²) in [5.41, 5.74) is -0.955. The second-order valence-corrected chi connectivity index (χ2v) is 11.6. The van der Waals surface area contributed by atoms with Crippen LogP contribution >= 0.6 is 0 Å². The minimum Gasteiger partial charge on any atom is -0.726 e. The average Bonchev–Trinajstić information content (AvgIpc) is 2.42. The van der Waals surface area contributed by atoms with E-state index >= 15 is 0 Å². The summed E-state index contributed by atoms with van der Waals surface area (Å²) in [5, 5.41) is 0. The number of rotatable bonds is 4. The zero-order valence-corrected chi connectivity index (χ0v) is 18.2. The van der Waals surface area contributed by atoms with Crippen LogP contribution in [0.25, 0.3) is 0 Å². The average molecular weight is 495 g/mol. The Morgan fingerprint density at radius 1 is 0.679 bits per heavy atom. The first kappa shape index (κ1) is 29.6. The standard InChI is InChI=1S/C12H16F4S2.2H2O4S/c1-17(2)5-7-9(13)11(15)8(6-18(3)4)12(16)10(7)14;2*1-5(2,3)4/h5-6H2,1-4H3;2*(H2,1,2,3,4)/q+2;;/p-2. The molecule has 0 aliphatic heterocycles. The summed E-state index contributed by atoms with van der Waals surface area (Å²) in [6.07, 6.45) is 7.05. The highest BCUT2D eigenvalue weighted by Gasteiger charge is 2.29. The Hall–Kier alpha value is -0.620. The van der Waals surface area contributed by atoms with Crippen molar-refractivity contribution in [2.45, 2.75) is 11.5 Å². The highest BCUT2D eigenvalue weighted by Crippen LogP contribution is 2.26. The fraction of sp³-hybridized carbons (Fsp3) is 0.500. The van der Waals surface area contributed by atoms with Gasteiger partial charge in [0.05, 0.1) is 36.1 Å². The van der Waals surface area contributed by atoms with E-state index in [2.05, 4.69) is 0 Å². The lowest BCUT2D eigenvalue weighted by molar-refractivity contribution is 0.363. The molecule has 0 bridgehead atoms. The lowest BCUT2D eigenvalue weighted by Gasteiger charge is -2.09. The molecule has 28 heavy (non-hydrogen) atoms. The maximum absolute atomic E-state index is 13.7. The fourth-order valence-electron chi connectivity index (χ4n) is 1.55. The summed E-state index contributed by atoms with van der Waals surface area (Å²) in [7, 11) is -10.5. The smallest absolute Gasteiger partial charge is 0.215 e. The minimum atomic E-state index is -4.92. The van der Waals surface area contributed by atoms with Gasteiger partial charge in [-0.15, -0.1) is 0 Å². The monoisotopic (exact) mass is 494 g/mol. The molecule has 0 aliphatic carbocycles. The van der Waals surface area contributed by atoms with Gasteiger partial charge < -0.3 is 9.11 Å². The molecule has 166 valence electrons. The van der Waals surface area contributed by atoms with Crippen LogP contribution in [0.15, 0.2) is 0 Å². The second-order valence-electron chi connectivity index (χ2n) is 5.33. The van der Waals surface area contributed by atoms with Crippen LogP contribution in [0.5, 0.6) is 0 Å². The lowest BCUT2D eigenvalue weighted by atomic mass is 10.1. The second kappa shape index (κ2) is 12.2. The van der Waals surface area contributed by atoms with Crippen molar-refractivity contribution in [1.82, 2.24) is 0 Å². The molecule has 16 heteroatoms. The largest absolute Gasteiger partial charge is 0.726 e. The van der Waals surface area contributed by atoms with E-state index in [1.54, 1.807) is 25.0 Å². The first-order chi connectivity index (χ1) is 12.3. The van der Waals surface area contributed by atoms with Gasteiger partial charge in [0, 0.05) is 0 Å². The van der Waals surface area contributed by atoms with Crippen LogP contribution in [0.4, 0.5) is 17.6 Å². The summed E-state index contributed by atoms with van der Waals surface area (Å²) in [4.78, 5) is 0. The molecule has 0 amide bonds. The van der Waals surface area contributed by atoms with Crippen LogP contribution < -0.4 is 0 Å². The third kappa shape index (κ3) is 15.3. The Morgan fingerprint density at radius 2 is 0.821 bits per heavy atom. The van der Waals surface area contributed by atoms with Gasteiger partial charge >= 0.3 is 0 Å². The third-order valence-corrected chi connectivity index (χ3v) is 4.04. The summed E-state index contributed by atoms with van der Waals surface area (Å²) >= 11 is 0. The van der Waals surface area contributed by atoms with Crippen molar-refractivity contribution in [3.05, 3.63) is 34.4 Å². The molecule has 0 saturated heterocycles. The van der Waals surface area contributed by atoms with Crippen molar-refractivity contribution in [3.8, 4) is 0 Å². The van der Waals surface area contributed by atoms with Gasteiger partial charge in [-0.25, -0.2) is 34.4 Å².